The highest BCUT2D eigenvalue weighted by Crippen LogP contribution is 2.22. The van der Waals surface area contributed by atoms with Crippen molar-refractivity contribution < 1.29 is 24.0 Å². The standard InChI is InChI=1S/C31H42N4O6/c1-8-41-31(38)28-10-24(18-33(28)15-21(4)5)12-29(36)26-9-23(17-32(26)14-20(2)3)11-30(37)27-13-25(35(39)40)19-34(27)16-22(6)7/h9-10,13,17-22H,8,11-12,14-16H2,1-7H3. The van der Waals surface area contributed by atoms with Crippen LogP contribution in [0, 0.1) is 27.9 Å². The maximum absolute atomic E-state index is 13.6. The molecule has 0 radical (unpaired) electrons. The smallest absolute Gasteiger partial charge is 0.354 e. The van der Waals surface area contributed by atoms with Crippen LogP contribution in [0.1, 0.15) is 91.1 Å². The molecule has 0 N–H and O–H groups in total. The van der Waals surface area contributed by atoms with E-state index in [-0.39, 0.29) is 54.2 Å². The maximum atomic E-state index is 13.6. The summed E-state index contributed by atoms with van der Waals surface area (Å²) in [5, 5.41) is 11.4. The van der Waals surface area contributed by atoms with E-state index in [0.717, 1.165) is 0 Å². The van der Waals surface area contributed by atoms with Crippen LogP contribution < -0.4 is 0 Å². The van der Waals surface area contributed by atoms with Crippen LogP contribution in [0.4, 0.5) is 5.69 Å². The first-order valence-electron chi connectivity index (χ1n) is 14.2. The zero-order valence-electron chi connectivity index (χ0n) is 25.2. The number of ketones is 2. The number of carbonyl (C=O) groups is 3. The van der Waals surface area contributed by atoms with Crippen molar-refractivity contribution >= 4 is 23.2 Å². The zero-order valence-corrected chi connectivity index (χ0v) is 25.2. The van der Waals surface area contributed by atoms with E-state index in [0.29, 0.717) is 48.1 Å². The van der Waals surface area contributed by atoms with Gasteiger partial charge in [0.1, 0.15) is 5.69 Å². The molecule has 41 heavy (non-hydrogen) atoms. The molecule has 3 aromatic rings. The normalized spacial score (nSPS) is 11.6. The number of ether oxygens (including phenoxy) is 1. The van der Waals surface area contributed by atoms with Crippen LogP contribution in [0.2, 0.25) is 0 Å². The second-order valence-corrected chi connectivity index (χ2v) is 11.9. The molecule has 3 aromatic heterocycles. The summed E-state index contributed by atoms with van der Waals surface area (Å²) in [4.78, 5) is 50.3. The van der Waals surface area contributed by atoms with Crippen LogP contribution in [0.3, 0.4) is 0 Å². The predicted octanol–water partition coefficient (Wildman–Crippen LogP) is 5.99. The number of rotatable bonds is 15. The molecule has 0 unspecified atom stereocenters. The molecule has 0 bridgehead atoms. The Labute approximate surface area is 241 Å². The fourth-order valence-electron chi connectivity index (χ4n) is 4.96. The Kier molecular flexibility index (Phi) is 10.5. The fraction of sp³-hybridized carbons (Fsp3) is 0.516. The van der Waals surface area contributed by atoms with Crippen molar-refractivity contribution in [2.24, 2.45) is 17.8 Å². The Morgan fingerprint density at radius 2 is 1.15 bits per heavy atom. The van der Waals surface area contributed by atoms with Crippen molar-refractivity contribution in [2.45, 2.75) is 80.9 Å². The van der Waals surface area contributed by atoms with Gasteiger partial charge in [-0.2, -0.15) is 0 Å². The van der Waals surface area contributed by atoms with Gasteiger partial charge in [-0.3, -0.25) is 19.7 Å². The molecule has 3 heterocycles. The molecular weight excluding hydrogens is 524 g/mol. The van der Waals surface area contributed by atoms with Gasteiger partial charge in [0.05, 0.1) is 29.1 Å². The lowest BCUT2D eigenvalue weighted by Gasteiger charge is -2.11. The van der Waals surface area contributed by atoms with Gasteiger partial charge in [0.2, 0.25) is 0 Å². The van der Waals surface area contributed by atoms with E-state index in [9.17, 15) is 24.5 Å². The molecule has 0 spiro atoms. The molecule has 0 fully saturated rings. The summed E-state index contributed by atoms with van der Waals surface area (Å²) < 4.78 is 10.6. The van der Waals surface area contributed by atoms with Crippen molar-refractivity contribution in [2.75, 3.05) is 6.61 Å². The van der Waals surface area contributed by atoms with Crippen molar-refractivity contribution in [3.8, 4) is 0 Å². The van der Waals surface area contributed by atoms with Crippen molar-refractivity contribution in [1.29, 1.82) is 0 Å². The number of aromatic nitrogens is 3. The molecule has 222 valence electrons. The summed E-state index contributed by atoms with van der Waals surface area (Å²) in [7, 11) is 0. The van der Waals surface area contributed by atoms with Gasteiger partial charge in [0.15, 0.2) is 11.6 Å². The van der Waals surface area contributed by atoms with E-state index in [1.807, 2.05) is 35.4 Å². The van der Waals surface area contributed by atoms with E-state index in [4.69, 9.17) is 4.74 Å². The Hall–Kier alpha value is -3.95. The number of esters is 1. The minimum Gasteiger partial charge on any atom is -0.461 e. The van der Waals surface area contributed by atoms with Crippen molar-refractivity contribution in [1.82, 2.24) is 13.7 Å². The first-order chi connectivity index (χ1) is 19.3. The molecule has 10 nitrogen and oxygen atoms in total. The number of Topliss-reactive ketones (excluding diaryl/α,β-unsaturated/α-hetero) is 2. The highest BCUT2D eigenvalue weighted by Gasteiger charge is 2.23. The van der Waals surface area contributed by atoms with Crippen LogP contribution in [0.5, 0.6) is 0 Å². The lowest BCUT2D eigenvalue weighted by molar-refractivity contribution is -0.384. The van der Waals surface area contributed by atoms with Gasteiger partial charge in [0, 0.05) is 50.9 Å². The average Bonchev–Trinajstić information content (AvgIpc) is 3.55. The fourth-order valence-corrected chi connectivity index (χ4v) is 4.96. The summed E-state index contributed by atoms with van der Waals surface area (Å²) in [6.07, 6.45) is 5.17. The van der Waals surface area contributed by atoms with Gasteiger partial charge in [-0.05, 0) is 47.9 Å². The Morgan fingerprint density at radius 1 is 0.732 bits per heavy atom. The molecule has 0 aliphatic rings. The highest BCUT2D eigenvalue weighted by molar-refractivity contribution is 5.99. The summed E-state index contributed by atoms with van der Waals surface area (Å²) in [6, 6.07) is 4.78. The zero-order chi connectivity index (χ0) is 30.4. The third kappa shape index (κ3) is 8.28. The minimum absolute atomic E-state index is 0.0163. The molecular formula is C31H42N4O6. The third-order valence-corrected chi connectivity index (χ3v) is 6.47. The number of nitrogens with zero attached hydrogens (tertiary/aromatic N) is 4. The maximum Gasteiger partial charge on any atom is 0.354 e. The van der Waals surface area contributed by atoms with Crippen molar-refractivity contribution in [3.05, 3.63) is 75.1 Å². The Bertz CT molecular complexity index is 1410. The quantitative estimate of drug-likeness (QED) is 0.0964. The third-order valence-electron chi connectivity index (χ3n) is 6.47. The molecule has 0 saturated heterocycles. The van der Waals surface area contributed by atoms with Crippen LogP contribution in [-0.2, 0) is 37.2 Å². The number of nitro groups is 1. The van der Waals surface area contributed by atoms with Crippen LogP contribution in [0.15, 0.2) is 36.8 Å². The molecule has 0 amide bonds. The second-order valence-electron chi connectivity index (χ2n) is 11.9. The second kappa shape index (κ2) is 13.6. The van der Waals surface area contributed by atoms with Gasteiger partial charge in [-0.15, -0.1) is 0 Å². The van der Waals surface area contributed by atoms with Gasteiger partial charge < -0.3 is 18.4 Å². The molecule has 0 aliphatic carbocycles. The number of hydrogen-bond acceptors (Lipinski definition) is 6. The largest absolute Gasteiger partial charge is 0.461 e. The van der Waals surface area contributed by atoms with E-state index in [1.165, 1.54) is 12.3 Å². The molecule has 10 heteroatoms. The number of hydrogen-bond donors (Lipinski definition) is 0. The summed E-state index contributed by atoms with van der Waals surface area (Å²) >= 11 is 0. The van der Waals surface area contributed by atoms with Gasteiger partial charge >= 0.3 is 5.97 Å². The first kappa shape index (κ1) is 31.6. The first-order valence-corrected chi connectivity index (χ1v) is 14.2. The van der Waals surface area contributed by atoms with Crippen LogP contribution in [-0.4, -0.2) is 42.8 Å². The summed E-state index contributed by atoms with van der Waals surface area (Å²) in [6.45, 7) is 15.9. The molecule has 3 rings (SSSR count). The highest BCUT2D eigenvalue weighted by atomic mass is 16.6. The Balaban J connectivity index is 1.89. The SMILES string of the molecule is CCOC(=O)c1cc(CC(=O)c2cc(CC(=O)c3cc([N+](=O)[O-])cn3CC(C)C)cn2CC(C)C)cn1CC(C)C. The van der Waals surface area contributed by atoms with Crippen LogP contribution in [0.25, 0.3) is 0 Å². The minimum atomic E-state index is -0.495. The van der Waals surface area contributed by atoms with E-state index < -0.39 is 10.9 Å². The Morgan fingerprint density at radius 3 is 1.59 bits per heavy atom. The lowest BCUT2D eigenvalue weighted by Crippen LogP contribution is -2.14. The summed E-state index contributed by atoms with van der Waals surface area (Å²) in [5.41, 5.74) is 2.46. The molecule has 0 saturated carbocycles. The topological polar surface area (TPSA) is 118 Å². The van der Waals surface area contributed by atoms with Gasteiger partial charge in [-0.25, -0.2) is 4.79 Å². The predicted molar refractivity (Wildman–Crippen MR) is 156 cm³/mol. The molecule has 0 aromatic carbocycles. The molecule has 0 atom stereocenters. The lowest BCUT2D eigenvalue weighted by atomic mass is 10.1. The summed E-state index contributed by atoms with van der Waals surface area (Å²) in [5.74, 6) is -0.0379. The van der Waals surface area contributed by atoms with Gasteiger partial charge in [0.25, 0.3) is 5.69 Å². The van der Waals surface area contributed by atoms with Crippen molar-refractivity contribution in [3.63, 3.8) is 0 Å². The van der Waals surface area contributed by atoms with E-state index in [2.05, 4.69) is 27.7 Å². The van der Waals surface area contributed by atoms with Crippen LogP contribution >= 0.6 is 0 Å². The van der Waals surface area contributed by atoms with E-state index >= 15 is 0 Å². The monoisotopic (exact) mass is 566 g/mol. The average molecular weight is 567 g/mol. The number of carbonyl (C=O) groups excluding carboxylic acids is 3. The molecule has 0 aliphatic heterocycles. The van der Waals surface area contributed by atoms with Gasteiger partial charge in [-0.1, -0.05) is 41.5 Å². The van der Waals surface area contributed by atoms with E-state index in [1.54, 1.807) is 23.6 Å².